The summed E-state index contributed by atoms with van der Waals surface area (Å²) in [5, 5.41) is 0.599. The Morgan fingerprint density at radius 3 is 2.92 bits per heavy atom. The molecule has 2 heterocycles. The Kier molecular flexibility index (Phi) is 3.77. The number of nitrogens with zero attached hydrogens (tertiary/aromatic N) is 1. The Morgan fingerprint density at radius 1 is 1.25 bits per heavy atom. The van der Waals surface area contributed by atoms with Crippen LogP contribution in [0.2, 0.25) is 5.02 Å². The fourth-order valence-electron chi connectivity index (χ4n) is 3.16. The molecular weight excluding hydrogens is 346 g/mol. The Hall–Kier alpha value is -1.98. The van der Waals surface area contributed by atoms with E-state index in [0.717, 1.165) is 16.1 Å². The molecule has 0 bridgehead atoms. The van der Waals surface area contributed by atoms with Crippen molar-refractivity contribution in [2.24, 2.45) is 0 Å². The monoisotopic (exact) mass is 359 g/mol. The number of para-hydroxylation sites is 1. The summed E-state index contributed by atoms with van der Waals surface area (Å²) in [6, 6.07) is 14.8. The minimum absolute atomic E-state index is 0.0350. The van der Waals surface area contributed by atoms with Gasteiger partial charge in [0.2, 0.25) is 5.91 Å². The van der Waals surface area contributed by atoms with Gasteiger partial charge in [0.15, 0.2) is 4.87 Å². The smallest absolute Gasteiger partial charge is 0.343 e. The summed E-state index contributed by atoms with van der Waals surface area (Å²) in [6.45, 7) is 0.139. The average molecular weight is 360 g/mol. The number of rotatable bonds is 3. The van der Waals surface area contributed by atoms with Gasteiger partial charge in [-0.15, -0.1) is 0 Å². The second-order valence-corrected chi connectivity index (χ2v) is 7.55. The number of carbonyl (C=O) groups excluding carboxylic acids is 2. The van der Waals surface area contributed by atoms with Crippen molar-refractivity contribution in [2.45, 2.75) is 29.2 Å². The molecule has 1 amide bonds. The lowest BCUT2D eigenvalue weighted by molar-refractivity contribution is -0.148. The summed E-state index contributed by atoms with van der Waals surface area (Å²) in [5.41, 5.74) is 1.62. The predicted octanol–water partition coefficient (Wildman–Crippen LogP) is 4.01. The Morgan fingerprint density at radius 2 is 2.08 bits per heavy atom. The molecule has 1 atom stereocenters. The van der Waals surface area contributed by atoms with Crippen molar-refractivity contribution in [2.75, 3.05) is 4.90 Å². The lowest BCUT2D eigenvalue weighted by atomic mass is 10.2. The number of amides is 1. The van der Waals surface area contributed by atoms with Gasteiger partial charge in [0.1, 0.15) is 6.61 Å². The predicted molar refractivity (Wildman–Crippen MR) is 93.0 cm³/mol. The Bertz CT molecular complexity index is 841. The van der Waals surface area contributed by atoms with E-state index in [1.165, 1.54) is 11.8 Å². The lowest BCUT2D eigenvalue weighted by Gasteiger charge is -2.28. The highest BCUT2D eigenvalue weighted by Gasteiger charge is 2.58. The number of halogens is 1. The maximum absolute atomic E-state index is 12.9. The van der Waals surface area contributed by atoms with Crippen molar-refractivity contribution in [1.82, 2.24) is 0 Å². The van der Waals surface area contributed by atoms with Crippen LogP contribution in [0.1, 0.15) is 18.4 Å². The highest BCUT2D eigenvalue weighted by molar-refractivity contribution is 8.02. The van der Waals surface area contributed by atoms with Crippen molar-refractivity contribution < 1.29 is 14.3 Å². The molecule has 4 rings (SSSR count). The second-order valence-electron chi connectivity index (χ2n) is 5.79. The molecule has 0 aliphatic carbocycles. The molecule has 0 unspecified atom stereocenters. The standard InChI is InChI=1S/C18H14ClNO3S/c19-13-5-3-4-12(10-13)11-23-17(22)18-9-8-16(21)20(18)14-6-1-2-7-15(14)24-18/h1-7,10H,8-9,11H2/t18-/m1/s1. The first-order chi connectivity index (χ1) is 11.6. The number of fused-ring (bicyclic) bond motifs is 3. The van der Waals surface area contributed by atoms with Crippen LogP contribution >= 0.6 is 23.4 Å². The molecule has 0 saturated carbocycles. The van der Waals surface area contributed by atoms with Gasteiger partial charge in [-0.25, -0.2) is 4.79 Å². The molecule has 2 aliphatic heterocycles. The average Bonchev–Trinajstić information content (AvgIpc) is 3.09. The molecule has 24 heavy (non-hydrogen) atoms. The summed E-state index contributed by atoms with van der Waals surface area (Å²) >= 11 is 7.37. The molecule has 1 saturated heterocycles. The number of hydrogen-bond acceptors (Lipinski definition) is 4. The van der Waals surface area contributed by atoms with Crippen molar-refractivity contribution in [1.29, 1.82) is 0 Å². The van der Waals surface area contributed by atoms with Crippen molar-refractivity contribution in [3.05, 3.63) is 59.1 Å². The fourth-order valence-corrected chi connectivity index (χ4v) is 4.79. The van der Waals surface area contributed by atoms with Crippen LogP contribution in [0.25, 0.3) is 0 Å². The molecule has 2 aromatic rings. The van der Waals surface area contributed by atoms with Crippen LogP contribution in [-0.4, -0.2) is 16.7 Å². The summed E-state index contributed by atoms with van der Waals surface area (Å²) in [5.74, 6) is -0.415. The highest BCUT2D eigenvalue weighted by atomic mass is 35.5. The number of ether oxygens (including phenoxy) is 1. The van der Waals surface area contributed by atoms with E-state index in [0.29, 0.717) is 17.9 Å². The third-order valence-corrected chi connectivity index (χ3v) is 5.94. The minimum Gasteiger partial charge on any atom is -0.458 e. The van der Waals surface area contributed by atoms with Crippen molar-refractivity contribution in [3.63, 3.8) is 0 Å². The molecule has 0 radical (unpaired) electrons. The van der Waals surface area contributed by atoms with E-state index < -0.39 is 4.87 Å². The first kappa shape index (κ1) is 15.5. The molecular formula is C18H14ClNO3S. The van der Waals surface area contributed by atoms with E-state index in [1.54, 1.807) is 17.0 Å². The van der Waals surface area contributed by atoms with E-state index in [-0.39, 0.29) is 18.5 Å². The van der Waals surface area contributed by atoms with E-state index in [1.807, 2.05) is 36.4 Å². The van der Waals surface area contributed by atoms with Crippen LogP contribution in [-0.2, 0) is 20.9 Å². The Balaban J connectivity index is 1.58. The van der Waals surface area contributed by atoms with Crippen LogP contribution < -0.4 is 4.90 Å². The number of thioether (sulfide) groups is 1. The van der Waals surface area contributed by atoms with Gasteiger partial charge >= 0.3 is 5.97 Å². The maximum atomic E-state index is 12.9. The van der Waals surface area contributed by atoms with Gasteiger partial charge in [0.05, 0.1) is 5.69 Å². The second kappa shape index (κ2) is 5.83. The molecule has 6 heteroatoms. The van der Waals surface area contributed by atoms with Gasteiger partial charge in [0.25, 0.3) is 0 Å². The van der Waals surface area contributed by atoms with Crippen LogP contribution in [0.15, 0.2) is 53.4 Å². The normalized spacial score (nSPS) is 21.5. The van der Waals surface area contributed by atoms with Crippen LogP contribution in [0.3, 0.4) is 0 Å². The molecule has 0 N–H and O–H groups in total. The molecule has 2 aromatic carbocycles. The molecule has 0 spiro atoms. The molecule has 0 aromatic heterocycles. The zero-order valence-corrected chi connectivity index (χ0v) is 14.3. The van der Waals surface area contributed by atoms with E-state index >= 15 is 0 Å². The van der Waals surface area contributed by atoms with Crippen LogP contribution in [0, 0.1) is 0 Å². The zero-order valence-electron chi connectivity index (χ0n) is 12.7. The van der Waals surface area contributed by atoms with Gasteiger partial charge in [-0.05, 0) is 29.8 Å². The quantitative estimate of drug-likeness (QED) is 0.777. The third-order valence-electron chi connectivity index (χ3n) is 4.25. The van der Waals surface area contributed by atoms with Crippen molar-refractivity contribution in [3.8, 4) is 0 Å². The van der Waals surface area contributed by atoms with Crippen LogP contribution in [0.4, 0.5) is 5.69 Å². The number of benzene rings is 2. The highest BCUT2D eigenvalue weighted by Crippen LogP contribution is 2.56. The summed E-state index contributed by atoms with van der Waals surface area (Å²) in [7, 11) is 0. The molecule has 1 fully saturated rings. The summed E-state index contributed by atoms with van der Waals surface area (Å²) < 4.78 is 5.54. The maximum Gasteiger partial charge on any atom is 0.343 e. The van der Waals surface area contributed by atoms with Gasteiger partial charge in [-0.2, -0.15) is 0 Å². The number of hydrogen-bond donors (Lipinski definition) is 0. The van der Waals surface area contributed by atoms with Gasteiger partial charge in [-0.3, -0.25) is 9.69 Å². The third kappa shape index (κ3) is 2.39. The van der Waals surface area contributed by atoms with Crippen LogP contribution in [0.5, 0.6) is 0 Å². The lowest BCUT2D eigenvalue weighted by Crippen LogP contribution is -2.47. The van der Waals surface area contributed by atoms with Gasteiger partial charge in [-0.1, -0.05) is 47.6 Å². The molecule has 4 nitrogen and oxygen atoms in total. The molecule has 2 aliphatic rings. The minimum atomic E-state index is -0.973. The SMILES string of the molecule is O=C1CC[C@]2(C(=O)OCc3cccc(Cl)c3)Sc3ccccc3N12. The Labute approximate surface area is 148 Å². The number of esters is 1. The van der Waals surface area contributed by atoms with Crippen molar-refractivity contribution >= 4 is 40.9 Å². The van der Waals surface area contributed by atoms with Gasteiger partial charge in [0, 0.05) is 22.8 Å². The summed E-state index contributed by atoms with van der Waals surface area (Å²) in [4.78, 5) is 26.8. The fraction of sp³-hybridized carbons (Fsp3) is 0.222. The van der Waals surface area contributed by atoms with E-state index in [9.17, 15) is 9.59 Å². The van der Waals surface area contributed by atoms with E-state index in [2.05, 4.69) is 0 Å². The number of carbonyl (C=O) groups is 2. The first-order valence-electron chi connectivity index (χ1n) is 7.63. The summed E-state index contributed by atoms with van der Waals surface area (Å²) in [6.07, 6.45) is 0.813. The molecule has 122 valence electrons. The topological polar surface area (TPSA) is 46.6 Å². The van der Waals surface area contributed by atoms with E-state index in [4.69, 9.17) is 16.3 Å². The largest absolute Gasteiger partial charge is 0.458 e. The zero-order chi connectivity index (χ0) is 16.7. The van der Waals surface area contributed by atoms with Gasteiger partial charge < -0.3 is 4.74 Å². The first-order valence-corrected chi connectivity index (χ1v) is 8.82. The number of anilines is 1.